The fraction of sp³-hybridized carbons (Fsp3) is 0.0952. The number of aryl methyl sites for hydroxylation is 2. The molecule has 0 bridgehead atoms. The van der Waals surface area contributed by atoms with Gasteiger partial charge in [0.1, 0.15) is 0 Å². The minimum absolute atomic E-state index is 1.07. The van der Waals surface area contributed by atoms with Crippen LogP contribution in [0.3, 0.4) is 0 Å². The maximum Gasteiger partial charge on any atom is 0.0786 e. The summed E-state index contributed by atoms with van der Waals surface area (Å²) in [6.07, 6.45) is 1.91. The standard InChI is InChI=1S/C21H17N/c1-14-11-15(2)13-18(12-14)21-20-17(9-10-22-21)8-7-16-5-3-4-6-19(16)20/h3-13H,1-2H3. The highest BCUT2D eigenvalue weighted by molar-refractivity contribution is 6.13. The summed E-state index contributed by atoms with van der Waals surface area (Å²) in [4.78, 5) is 4.71. The van der Waals surface area contributed by atoms with Crippen LogP contribution in [-0.2, 0) is 0 Å². The second-order valence-corrected chi connectivity index (χ2v) is 5.92. The van der Waals surface area contributed by atoms with Crippen molar-refractivity contribution in [2.24, 2.45) is 0 Å². The summed E-state index contributed by atoms with van der Waals surface area (Å²) in [7, 11) is 0. The van der Waals surface area contributed by atoms with Crippen molar-refractivity contribution >= 4 is 21.5 Å². The predicted octanol–water partition coefficient (Wildman–Crippen LogP) is 5.67. The molecule has 4 rings (SSSR count). The van der Waals surface area contributed by atoms with Gasteiger partial charge in [-0.1, -0.05) is 53.6 Å². The van der Waals surface area contributed by atoms with Crippen LogP contribution in [0.2, 0.25) is 0 Å². The quantitative estimate of drug-likeness (QED) is 0.410. The SMILES string of the molecule is Cc1cc(C)cc(-c2nccc3ccc4ccccc4c23)c1. The zero-order valence-corrected chi connectivity index (χ0v) is 12.8. The summed E-state index contributed by atoms with van der Waals surface area (Å²) >= 11 is 0. The molecule has 0 radical (unpaired) electrons. The number of pyridine rings is 1. The Kier molecular flexibility index (Phi) is 2.93. The highest BCUT2D eigenvalue weighted by atomic mass is 14.7. The monoisotopic (exact) mass is 283 g/mol. The van der Waals surface area contributed by atoms with Crippen LogP contribution in [0, 0.1) is 13.8 Å². The first-order chi connectivity index (χ1) is 10.7. The lowest BCUT2D eigenvalue weighted by Crippen LogP contribution is -1.89. The second kappa shape index (κ2) is 4.96. The van der Waals surface area contributed by atoms with Crippen molar-refractivity contribution in [3.05, 3.63) is 78.0 Å². The number of rotatable bonds is 1. The minimum atomic E-state index is 1.07. The van der Waals surface area contributed by atoms with Crippen molar-refractivity contribution in [1.82, 2.24) is 4.98 Å². The lowest BCUT2D eigenvalue weighted by Gasteiger charge is -2.10. The lowest BCUT2D eigenvalue weighted by molar-refractivity contribution is 1.33. The van der Waals surface area contributed by atoms with Gasteiger partial charge in [-0.2, -0.15) is 0 Å². The third kappa shape index (κ3) is 2.06. The van der Waals surface area contributed by atoms with Gasteiger partial charge < -0.3 is 0 Å². The van der Waals surface area contributed by atoms with Gasteiger partial charge in [0, 0.05) is 17.1 Å². The fourth-order valence-electron chi connectivity index (χ4n) is 3.28. The number of fused-ring (bicyclic) bond motifs is 3. The fourth-order valence-corrected chi connectivity index (χ4v) is 3.28. The van der Waals surface area contributed by atoms with Crippen LogP contribution in [-0.4, -0.2) is 4.98 Å². The van der Waals surface area contributed by atoms with E-state index < -0.39 is 0 Å². The third-order valence-corrected chi connectivity index (χ3v) is 4.15. The summed E-state index contributed by atoms with van der Waals surface area (Å²) in [5, 5.41) is 5.00. The first-order valence-electron chi connectivity index (χ1n) is 7.57. The molecule has 1 nitrogen and oxygen atoms in total. The van der Waals surface area contributed by atoms with E-state index in [-0.39, 0.29) is 0 Å². The zero-order valence-electron chi connectivity index (χ0n) is 12.8. The first-order valence-corrected chi connectivity index (χ1v) is 7.57. The van der Waals surface area contributed by atoms with E-state index in [1.54, 1.807) is 0 Å². The normalized spacial score (nSPS) is 11.2. The highest BCUT2D eigenvalue weighted by Crippen LogP contribution is 2.33. The van der Waals surface area contributed by atoms with E-state index in [4.69, 9.17) is 4.98 Å². The predicted molar refractivity (Wildman–Crippen MR) is 94.2 cm³/mol. The Hall–Kier alpha value is -2.67. The van der Waals surface area contributed by atoms with Gasteiger partial charge in [0.05, 0.1) is 5.69 Å². The molecule has 0 amide bonds. The van der Waals surface area contributed by atoms with Gasteiger partial charge in [-0.3, -0.25) is 4.98 Å². The van der Waals surface area contributed by atoms with E-state index in [1.807, 2.05) is 6.20 Å². The summed E-state index contributed by atoms with van der Waals surface area (Å²) in [6, 6.07) is 21.6. The summed E-state index contributed by atoms with van der Waals surface area (Å²) in [5.74, 6) is 0. The van der Waals surface area contributed by atoms with E-state index in [9.17, 15) is 0 Å². The number of aromatic nitrogens is 1. The average Bonchev–Trinajstić information content (AvgIpc) is 2.53. The Morgan fingerprint density at radius 2 is 1.45 bits per heavy atom. The Morgan fingerprint density at radius 3 is 2.27 bits per heavy atom. The molecule has 1 heterocycles. The summed E-state index contributed by atoms with van der Waals surface area (Å²) in [6.45, 7) is 4.28. The molecule has 0 N–H and O–H groups in total. The van der Waals surface area contributed by atoms with Crippen LogP contribution in [0.15, 0.2) is 66.9 Å². The average molecular weight is 283 g/mol. The molecule has 0 aliphatic rings. The molecule has 0 atom stereocenters. The lowest BCUT2D eigenvalue weighted by atomic mass is 9.96. The first kappa shape index (κ1) is 13.0. The highest BCUT2D eigenvalue weighted by Gasteiger charge is 2.09. The zero-order chi connectivity index (χ0) is 15.1. The smallest absolute Gasteiger partial charge is 0.0786 e. The Morgan fingerprint density at radius 1 is 0.727 bits per heavy atom. The molecular formula is C21H17N. The Bertz CT molecular complexity index is 979. The van der Waals surface area contributed by atoms with Gasteiger partial charge in [-0.05, 0) is 48.2 Å². The Balaban J connectivity index is 2.15. The molecule has 1 heteroatoms. The van der Waals surface area contributed by atoms with Crippen molar-refractivity contribution < 1.29 is 0 Å². The topological polar surface area (TPSA) is 12.9 Å². The van der Waals surface area contributed by atoms with Gasteiger partial charge in [-0.15, -0.1) is 0 Å². The Labute approximate surface area is 130 Å². The van der Waals surface area contributed by atoms with Crippen LogP contribution in [0.1, 0.15) is 11.1 Å². The van der Waals surface area contributed by atoms with E-state index in [2.05, 4.69) is 74.5 Å². The number of benzene rings is 3. The van der Waals surface area contributed by atoms with E-state index in [1.165, 1.54) is 38.2 Å². The van der Waals surface area contributed by atoms with Crippen molar-refractivity contribution in [1.29, 1.82) is 0 Å². The summed E-state index contributed by atoms with van der Waals surface area (Å²) < 4.78 is 0. The van der Waals surface area contributed by atoms with Crippen molar-refractivity contribution in [2.75, 3.05) is 0 Å². The van der Waals surface area contributed by atoms with Crippen LogP contribution in [0.5, 0.6) is 0 Å². The van der Waals surface area contributed by atoms with E-state index >= 15 is 0 Å². The van der Waals surface area contributed by atoms with E-state index in [0.29, 0.717) is 0 Å². The van der Waals surface area contributed by atoms with Crippen LogP contribution in [0.25, 0.3) is 32.8 Å². The molecule has 0 aliphatic carbocycles. The maximum absolute atomic E-state index is 4.71. The molecule has 0 spiro atoms. The molecule has 0 saturated heterocycles. The molecule has 0 saturated carbocycles. The van der Waals surface area contributed by atoms with E-state index in [0.717, 1.165) is 5.69 Å². The largest absolute Gasteiger partial charge is 0.256 e. The molecule has 0 unspecified atom stereocenters. The molecule has 0 fully saturated rings. The van der Waals surface area contributed by atoms with Crippen LogP contribution < -0.4 is 0 Å². The van der Waals surface area contributed by atoms with Crippen molar-refractivity contribution in [2.45, 2.75) is 13.8 Å². The molecule has 3 aromatic carbocycles. The minimum Gasteiger partial charge on any atom is -0.256 e. The molecule has 1 aromatic heterocycles. The van der Waals surface area contributed by atoms with Gasteiger partial charge >= 0.3 is 0 Å². The molecule has 0 aliphatic heterocycles. The van der Waals surface area contributed by atoms with Gasteiger partial charge in [-0.25, -0.2) is 0 Å². The second-order valence-electron chi connectivity index (χ2n) is 5.92. The van der Waals surface area contributed by atoms with Crippen molar-refractivity contribution in [3.8, 4) is 11.3 Å². The van der Waals surface area contributed by atoms with Crippen LogP contribution in [0.4, 0.5) is 0 Å². The molecular weight excluding hydrogens is 266 g/mol. The number of hydrogen-bond acceptors (Lipinski definition) is 1. The van der Waals surface area contributed by atoms with Crippen molar-refractivity contribution in [3.63, 3.8) is 0 Å². The van der Waals surface area contributed by atoms with Gasteiger partial charge in [0.2, 0.25) is 0 Å². The third-order valence-electron chi connectivity index (χ3n) is 4.15. The van der Waals surface area contributed by atoms with Gasteiger partial charge in [0.15, 0.2) is 0 Å². The molecule has 106 valence electrons. The van der Waals surface area contributed by atoms with Gasteiger partial charge in [0.25, 0.3) is 0 Å². The number of nitrogens with zero attached hydrogens (tertiary/aromatic N) is 1. The molecule has 4 aromatic rings. The molecule has 22 heavy (non-hydrogen) atoms. The summed E-state index contributed by atoms with van der Waals surface area (Å²) in [5.41, 5.74) is 4.81. The maximum atomic E-state index is 4.71. The number of hydrogen-bond donors (Lipinski definition) is 0. The van der Waals surface area contributed by atoms with Crippen LogP contribution >= 0.6 is 0 Å².